The number of urea groups is 1. The highest BCUT2D eigenvalue weighted by Gasteiger charge is 2.45. The molecule has 2 fully saturated rings. The number of hydrogen-bond acceptors (Lipinski definition) is 2. The molecular weight excluding hydrogens is 326 g/mol. The van der Waals surface area contributed by atoms with E-state index in [2.05, 4.69) is 16.0 Å². The molecule has 4 rings (SSSR count). The van der Waals surface area contributed by atoms with Gasteiger partial charge in [0, 0.05) is 17.4 Å². The minimum absolute atomic E-state index is 0.0436. The van der Waals surface area contributed by atoms with E-state index in [4.69, 9.17) is 0 Å². The van der Waals surface area contributed by atoms with Crippen LogP contribution in [0.4, 0.5) is 16.2 Å². The van der Waals surface area contributed by atoms with Crippen LogP contribution in [0.3, 0.4) is 0 Å². The van der Waals surface area contributed by atoms with E-state index in [1.807, 2.05) is 42.5 Å². The predicted molar refractivity (Wildman–Crippen MR) is 102 cm³/mol. The lowest BCUT2D eigenvalue weighted by molar-refractivity contribution is -0.124. The van der Waals surface area contributed by atoms with Crippen LogP contribution in [0.5, 0.6) is 0 Å². The molecule has 5 nitrogen and oxygen atoms in total. The van der Waals surface area contributed by atoms with E-state index in [0.29, 0.717) is 11.7 Å². The molecule has 2 aromatic carbocycles. The van der Waals surface area contributed by atoms with Gasteiger partial charge in [0.15, 0.2) is 0 Å². The third kappa shape index (κ3) is 3.43. The summed E-state index contributed by atoms with van der Waals surface area (Å²) in [5.41, 5.74) is 2.12. The highest BCUT2D eigenvalue weighted by molar-refractivity contribution is 6.00. The van der Waals surface area contributed by atoms with E-state index >= 15 is 0 Å². The molecule has 0 bridgehead atoms. The zero-order valence-corrected chi connectivity index (χ0v) is 14.6. The molecule has 2 aliphatic rings. The second kappa shape index (κ2) is 6.83. The summed E-state index contributed by atoms with van der Waals surface area (Å²) in [6.07, 6.45) is 4.94. The van der Waals surface area contributed by atoms with Gasteiger partial charge in [0.2, 0.25) is 5.91 Å². The summed E-state index contributed by atoms with van der Waals surface area (Å²) in [5.74, 6) is 0.0436. The Hall–Kier alpha value is -2.82. The van der Waals surface area contributed by atoms with Gasteiger partial charge in [0.05, 0.1) is 5.41 Å². The molecule has 0 spiro atoms. The van der Waals surface area contributed by atoms with Gasteiger partial charge >= 0.3 is 6.03 Å². The smallest absolute Gasteiger partial charge is 0.319 e. The number of carbonyl (C=O) groups excluding carboxylic acids is 2. The molecule has 3 amide bonds. The van der Waals surface area contributed by atoms with Gasteiger partial charge in [-0.15, -0.1) is 0 Å². The zero-order valence-electron chi connectivity index (χ0n) is 14.6. The van der Waals surface area contributed by atoms with Gasteiger partial charge in [-0.25, -0.2) is 4.79 Å². The fourth-order valence-electron chi connectivity index (χ4n) is 3.40. The van der Waals surface area contributed by atoms with Crippen molar-refractivity contribution in [1.82, 2.24) is 5.32 Å². The van der Waals surface area contributed by atoms with Crippen LogP contribution >= 0.6 is 0 Å². The SMILES string of the molecule is O=C(Nc1ccc(NC(=O)C2(c3ccccc3)CCC2)cc1)NC1CC1. The normalized spacial score (nSPS) is 17.7. The monoisotopic (exact) mass is 349 g/mol. The molecule has 0 saturated heterocycles. The first-order valence-corrected chi connectivity index (χ1v) is 9.20. The van der Waals surface area contributed by atoms with Gasteiger partial charge < -0.3 is 16.0 Å². The summed E-state index contributed by atoms with van der Waals surface area (Å²) in [7, 11) is 0. The Morgan fingerprint density at radius 1 is 0.846 bits per heavy atom. The predicted octanol–water partition coefficient (Wildman–Crippen LogP) is 4.03. The van der Waals surface area contributed by atoms with E-state index in [9.17, 15) is 9.59 Å². The molecule has 0 aliphatic heterocycles. The first-order valence-electron chi connectivity index (χ1n) is 9.20. The number of rotatable bonds is 5. The first-order chi connectivity index (χ1) is 12.7. The first kappa shape index (κ1) is 16.6. The lowest BCUT2D eigenvalue weighted by atomic mass is 9.64. The second-order valence-electron chi connectivity index (χ2n) is 7.21. The number of anilines is 2. The Bertz CT molecular complexity index is 794. The van der Waals surface area contributed by atoms with Gasteiger partial charge in [-0.1, -0.05) is 36.8 Å². The second-order valence-corrected chi connectivity index (χ2v) is 7.21. The zero-order chi connectivity index (χ0) is 18.0. The number of amides is 3. The number of benzene rings is 2. The minimum Gasteiger partial charge on any atom is -0.335 e. The third-order valence-corrected chi connectivity index (χ3v) is 5.28. The molecule has 0 radical (unpaired) electrons. The summed E-state index contributed by atoms with van der Waals surface area (Å²) >= 11 is 0. The van der Waals surface area contributed by atoms with E-state index < -0.39 is 5.41 Å². The van der Waals surface area contributed by atoms with Crippen LogP contribution in [-0.2, 0) is 10.2 Å². The molecule has 5 heteroatoms. The summed E-state index contributed by atoms with van der Waals surface area (Å²) < 4.78 is 0. The average molecular weight is 349 g/mol. The summed E-state index contributed by atoms with van der Waals surface area (Å²) in [5, 5.41) is 8.73. The van der Waals surface area contributed by atoms with Crippen molar-refractivity contribution in [3.8, 4) is 0 Å². The van der Waals surface area contributed by atoms with Crippen molar-refractivity contribution in [1.29, 1.82) is 0 Å². The maximum atomic E-state index is 12.9. The lowest BCUT2D eigenvalue weighted by Gasteiger charge is -2.40. The highest BCUT2D eigenvalue weighted by atomic mass is 16.2. The van der Waals surface area contributed by atoms with Crippen molar-refractivity contribution >= 4 is 23.3 Å². The van der Waals surface area contributed by atoms with Crippen LogP contribution < -0.4 is 16.0 Å². The molecule has 26 heavy (non-hydrogen) atoms. The van der Waals surface area contributed by atoms with Gasteiger partial charge in [-0.05, 0) is 55.5 Å². The Morgan fingerprint density at radius 3 is 2.00 bits per heavy atom. The molecular formula is C21H23N3O2. The molecule has 134 valence electrons. The van der Waals surface area contributed by atoms with E-state index in [-0.39, 0.29) is 11.9 Å². The van der Waals surface area contributed by atoms with Crippen molar-refractivity contribution in [2.24, 2.45) is 0 Å². The van der Waals surface area contributed by atoms with Gasteiger partial charge in [0.25, 0.3) is 0 Å². The lowest BCUT2D eigenvalue weighted by Crippen LogP contribution is -2.45. The fourth-order valence-corrected chi connectivity index (χ4v) is 3.40. The van der Waals surface area contributed by atoms with Crippen molar-refractivity contribution in [2.45, 2.75) is 43.6 Å². The minimum atomic E-state index is -0.414. The Morgan fingerprint density at radius 2 is 1.46 bits per heavy atom. The molecule has 2 aromatic rings. The van der Waals surface area contributed by atoms with Crippen LogP contribution in [0, 0.1) is 0 Å². The highest BCUT2D eigenvalue weighted by Crippen LogP contribution is 2.44. The maximum Gasteiger partial charge on any atom is 0.319 e. The number of nitrogens with one attached hydrogen (secondary N) is 3. The fraction of sp³-hybridized carbons (Fsp3) is 0.333. The average Bonchev–Trinajstić information content (AvgIpc) is 3.40. The molecule has 2 aliphatic carbocycles. The Labute approximate surface area is 153 Å². The van der Waals surface area contributed by atoms with E-state index in [1.54, 1.807) is 12.1 Å². The van der Waals surface area contributed by atoms with Gasteiger partial charge in [0.1, 0.15) is 0 Å². The molecule has 3 N–H and O–H groups in total. The van der Waals surface area contributed by atoms with Gasteiger partial charge in [-0.2, -0.15) is 0 Å². The van der Waals surface area contributed by atoms with Crippen LogP contribution in [0.25, 0.3) is 0 Å². The van der Waals surface area contributed by atoms with Crippen molar-refractivity contribution < 1.29 is 9.59 Å². The molecule has 0 heterocycles. The maximum absolute atomic E-state index is 12.9. The van der Waals surface area contributed by atoms with E-state index in [0.717, 1.165) is 43.4 Å². The molecule has 0 unspecified atom stereocenters. The van der Waals surface area contributed by atoms with Crippen LogP contribution in [0.1, 0.15) is 37.7 Å². The standard InChI is InChI=1S/C21H23N3O2/c25-19(21(13-4-14-21)15-5-2-1-3-6-15)22-16-7-9-17(10-8-16)23-20(26)24-18-11-12-18/h1-3,5-10,18H,4,11-14H2,(H,22,25)(H2,23,24,26). The summed E-state index contributed by atoms with van der Waals surface area (Å²) in [4.78, 5) is 24.7. The molecule has 2 saturated carbocycles. The van der Waals surface area contributed by atoms with Crippen LogP contribution in [0.2, 0.25) is 0 Å². The summed E-state index contributed by atoms with van der Waals surface area (Å²) in [6.45, 7) is 0. The van der Waals surface area contributed by atoms with Crippen molar-refractivity contribution in [3.63, 3.8) is 0 Å². The topological polar surface area (TPSA) is 70.2 Å². The molecule has 0 atom stereocenters. The van der Waals surface area contributed by atoms with Crippen LogP contribution in [-0.4, -0.2) is 18.0 Å². The quantitative estimate of drug-likeness (QED) is 0.763. The molecule has 0 aromatic heterocycles. The Balaban J connectivity index is 1.40. The van der Waals surface area contributed by atoms with E-state index in [1.165, 1.54) is 0 Å². The van der Waals surface area contributed by atoms with Crippen molar-refractivity contribution in [3.05, 3.63) is 60.2 Å². The van der Waals surface area contributed by atoms with Gasteiger partial charge in [-0.3, -0.25) is 4.79 Å². The van der Waals surface area contributed by atoms with Crippen molar-refractivity contribution in [2.75, 3.05) is 10.6 Å². The number of carbonyl (C=O) groups is 2. The summed E-state index contributed by atoms with van der Waals surface area (Å²) in [6, 6.07) is 17.4. The number of hydrogen-bond donors (Lipinski definition) is 3. The largest absolute Gasteiger partial charge is 0.335 e. The Kier molecular flexibility index (Phi) is 4.37. The third-order valence-electron chi connectivity index (χ3n) is 5.28. The van der Waals surface area contributed by atoms with Crippen LogP contribution in [0.15, 0.2) is 54.6 Å².